The van der Waals surface area contributed by atoms with Gasteiger partial charge in [-0.15, -0.1) is 0 Å². The molecule has 2 N–H and O–H groups in total. The summed E-state index contributed by atoms with van der Waals surface area (Å²) in [5, 5.41) is 12.4. The summed E-state index contributed by atoms with van der Waals surface area (Å²) in [5.74, 6) is -1.56. The van der Waals surface area contributed by atoms with Crippen LogP contribution in [-0.2, 0) is 9.53 Å². The van der Waals surface area contributed by atoms with Crippen LogP contribution in [0.4, 0.5) is 4.79 Å². The summed E-state index contributed by atoms with van der Waals surface area (Å²) in [6.45, 7) is 2.04. The molecule has 3 aromatic carbocycles. The average molecular weight is 494 g/mol. The minimum absolute atomic E-state index is 0.0801. The molecule has 0 radical (unpaired) electrons. The van der Waals surface area contributed by atoms with Crippen molar-refractivity contribution >= 4 is 28.0 Å². The second kappa shape index (κ2) is 9.57. The fourth-order valence-corrected chi connectivity index (χ4v) is 4.92. The van der Waals surface area contributed by atoms with Crippen LogP contribution in [0.1, 0.15) is 41.9 Å². The maximum atomic E-state index is 12.7. The van der Waals surface area contributed by atoms with E-state index < -0.39 is 18.1 Å². The molecule has 32 heavy (non-hydrogen) atoms. The average Bonchev–Trinajstić information content (AvgIpc) is 3.11. The molecule has 5 nitrogen and oxygen atoms in total. The van der Waals surface area contributed by atoms with E-state index in [4.69, 9.17) is 4.74 Å². The zero-order valence-corrected chi connectivity index (χ0v) is 19.2. The van der Waals surface area contributed by atoms with Crippen molar-refractivity contribution in [2.75, 3.05) is 6.61 Å². The van der Waals surface area contributed by atoms with Gasteiger partial charge in [-0.2, -0.15) is 0 Å². The quantitative estimate of drug-likeness (QED) is 0.427. The number of hydrogen-bond acceptors (Lipinski definition) is 3. The molecular formula is C26H24BrNO4. The van der Waals surface area contributed by atoms with Crippen LogP contribution in [0.15, 0.2) is 77.3 Å². The molecular weight excluding hydrogens is 470 g/mol. The van der Waals surface area contributed by atoms with Gasteiger partial charge in [-0.05, 0) is 46.4 Å². The number of rotatable bonds is 7. The van der Waals surface area contributed by atoms with Crippen molar-refractivity contribution in [3.63, 3.8) is 0 Å². The van der Waals surface area contributed by atoms with Gasteiger partial charge in [0.05, 0.1) is 0 Å². The van der Waals surface area contributed by atoms with E-state index in [1.807, 2.05) is 67.6 Å². The van der Waals surface area contributed by atoms with Gasteiger partial charge in [0.1, 0.15) is 12.6 Å². The number of carbonyl (C=O) groups excluding carboxylic acids is 1. The number of amides is 1. The Morgan fingerprint density at radius 1 is 1.00 bits per heavy atom. The third-order valence-corrected chi connectivity index (χ3v) is 6.50. The van der Waals surface area contributed by atoms with E-state index in [9.17, 15) is 14.7 Å². The van der Waals surface area contributed by atoms with Crippen molar-refractivity contribution < 1.29 is 19.4 Å². The Kier molecular flexibility index (Phi) is 6.61. The summed E-state index contributed by atoms with van der Waals surface area (Å²) < 4.78 is 6.41. The van der Waals surface area contributed by atoms with Crippen LogP contribution in [0.2, 0.25) is 0 Å². The van der Waals surface area contributed by atoms with Gasteiger partial charge < -0.3 is 15.2 Å². The highest BCUT2D eigenvalue weighted by molar-refractivity contribution is 9.10. The van der Waals surface area contributed by atoms with Gasteiger partial charge in [-0.3, -0.25) is 0 Å². The van der Waals surface area contributed by atoms with Crippen molar-refractivity contribution in [2.24, 2.45) is 0 Å². The normalized spacial score (nSPS) is 14.2. The maximum absolute atomic E-state index is 12.7. The van der Waals surface area contributed by atoms with Crippen LogP contribution in [0.25, 0.3) is 11.1 Å². The van der Waals surface area contributed by atoms with Crippen molar-refractivity contribution in [3.05, 3.63) is 94.0 Å². The van der Waals surface area contributed by atoms with E-state index >= 15 is 0 Å². The Morgan fingerprint density at radius 2 is 1.62 bits per heavy atom. The standard InChI is InChI=1S/C26H24BrNO4/c1-2-18(16-8-7-9-17(27)14-16)24(25(29)30)28-26(31)32-15-23-21-12-5-3-10-19(21)20-11-4-6-13-22(20)23/h3-14,18,23-24H,2,15H2,1H3,(H,28,31)(H,29,30). The zero-order valence-electron chi connectivity index (χ0n) is 17.6. The molecule has 4 rings (SSSR count). The number of aliphatic carboxylic acids is 1. The van der Waals surface area contributed by atoms with E-state index in [1.54, 1.807) is 0 Å². The van der Waals surface area contributed by atoms with Gasteiger partial charge in [0, 0.05) is 16.3 Å². The molecule has 0 saturated carbocycles. The number of carboxylic acid groups (broad SMARTS) is 1. The van der Waals surface area contributed by atoms with E-state index in [1.165, 1.54) is 0 Å². The lowest BCUT2D eigenvalue weighted by atomic mass is 9.89. The number of nitrogens with one attached hydrogen (secondary N) is 1. The third kappa shape index (κ3) is 4.41. The van der Waals surface area contributed by atoms with Gasteiger partial charge in [0.15, 0.2) is 0 Å². The van der Waals surface area contributed by atoms with Crippen molar-refractivity contribution in [1.82, 2.24) is 5.32 Å². The number of hydrogen-bond donors (Lipinski definition) is 2. The minimum atomic E-state index is -1.09. The molecule has 0 bridgehead atoms. The first-order valence-electron chi connectivity index (χ1n) is 10.6. The first-order chi connectivity index (χ1) is 15.5. The van der Waals surface area contributed by atoms with E-state index in [2.05, 4.69) is 33.4 Å². The number of alkyl carbamates (subject to hydrolysis) is 1. The molecule has 3 aromatic rings. The van der Waals surface area contributed by atoms with Crippen LogP contribution in [0.3, 0.4) is 0 Å². The molecule has 1 amide bonds. The van der Waals surface area contributed by atoms with Gasteiger partial charge in [0.25, 0.3) is 0 Å². The summed E-state index contributed by atoms with van der Waals surface area (Å²) in [6, 6.07) is 22.6. The van der Waals surface area contributed by atoms with Gasteiger partial charge in [0.2, 0.25) is 0 Å². The Labute approximate surface area is 195 Å². The SMILES string of the molecule is CCC(c1cccc(Br)c1)C(NC(=O)OCC1c2ccccc2-c2ccccc21)C(=O)O. The van der Waals surface area contributed by atoms with Crippen LogP contribution < -0.4 is 5.32 Å². The Balaban J connectivity index is 1.48. The molecule has 1 aliphatic rings. The van der Waals surface area contributed by atoms with E-state index in [-0.39, 0.29) is 18.4 Å². The molecule has 1 aliphatic carbocycles. The predicted octanol–water partition coefficient (Wildman–Crippen LogP) is 5.93. The Morgan fingerprint density at radius 3 is 2.19 bits per heavy atom. The molecule has 0 heterocycles. The van der Waals surface area contributed by atoms with Gasteiger partial charge in [-0.1, -0.05) is 83.5 Å². The summed E-state index contributed by atoms with van der Waals surface area (Å²) >= 11 is 3.43. The number of halogens is 1. The lowest BCUT2D eigenvalue weighted by Gasteiger charge is -2.24. The zero-order chi connectivity index (χ0) is 22.7. The highest BCUT2D eigenvalue weighted by Gasteiger charge is 2.32. The molecule has 0 aromatic heterocycles. The molecule has 0 aliphatic heterocycles. The van der Waals surface area contributed by atoms with Crippen LogP contribution in [0, 0.1) is 0 Å². The molecule has 164 valence electrons. The van der Waals surface area contributed by atoms with E-state index in [0.717, 1.165) is 32.3 Å². The maximum Gasteiger partial charge on any atom is 0.407 e. The summed E-state index contributed by atoms with van der Waals surface area (Å²) in [5.41, 5.74) is 5.34. The lowest BCUT2D eigenvalue weighted by Crippen LogP contribution is -2.45. The number of carboxylic acids is 1. The first-order valence-corrected chi connectivity index (χ1v) is 11.4. The first kappa shape index (κ1) is 22.1. The molecule has 6 heteroatoms. The van der Waals surface area contributed by atoms with Gasteiger partial charge >= 0.3 is 12.1 Å². The highest BCUT2D eigenvalue weighted by Crippen LogP contribution is 2.44. The van der Waals surface area contributed by atoms with Gasteiger partial charge in [-0.25, -0.2) is 9.59 Å². The van der Waals surface area contributed by atoms with E-state index in [0.29, 0.717) is 6.42 Å². The monoisotopic (exact) mass is 493 g/mol. The summed E-state index contributed by atoms with van der Waals surface area (Å²) in [4.78, 5) is 24.7. The van der Waals surface area contributed by atoms with Crippen LogP contribution >= 0.6 is 15.9 Å². The summed E-state index contributed by atoms with van der Waals surface area (Å²) in [7, 11) is 0. The number of benzene rings is 3. The van der Waals surface area contributed by atoms with Crippen LogP contribution in [-0.4, -0.2) is 29.8 Å². The topological polar surface area (TPSA) is 75.6 Å². The number of fused-ring (bicyclic) bond motifs is 3. The highest BCUT2D eigenvalue weighted by atomic mass is 79.9. The lowest BCUT2D eigenvalue weighted by molar-refractivity contribution is -0.140. The minimum Gasteiger partial charge on any atom is -0.480 e. The molecule has 0 saturated heterocycles. The molecule has 2 atom stereocenters. The fraction of sp³-hybridized carbons (Fsp3) is 0.231. The molecule has 0 fully saturated rings. The predicted molar refractivity (Wildman–Crippen MR) is 127 cm³/mol. The fourth-order valence-electron chi connectivity index (χ4n) is 4.50. The second-order valence-corrected chi connectivity index (χ2v) is 8.77. The molecule has 0 spiro atoms. The summed E-state index contributed by atoms with van der Waals surface area (Å²) in [6.07, 6.45) is -0.176. The van der Waals surface area contributed by atoms with Crippen molar-refractivity contribution in [3.8, 4) is 11.1 Å². The second-order valence-electron chi connectivity index (χ2n) is 7.86. The van der Waals surface area contributed by atoms with Crippen molar-refractivity contribution in [2.45, 2.75) is 31.2 Å². The Bertz CT molecular complexity index is 1100. The largest absolute Gasteiger partial charge is 0.480 e. The number of carbonyl (C=O) groups is 2. The van der Waals surface area contributed by atoms with Crippen LogP contribution in [0.5, 0.6) is 0 Å². The van der Waals surface area contributed by atoms with Crippen molar-refractivity contribution in [1.29, 1.82) is 0 Å². The smallest absolute Gasteiger partial charge is 0.407 e. The Hall–Kier alpha value is -3.12. The number of ether oxygens (including phenoxy) is 1. The molecule has 2 unspecified atom stereocenters. The third-order valence-electron chi connectivity index (χ3n) is 6.00.